The van der Waals surface area contributed by atoms with E-state index in [-0.39, 0.29) is 5.56 Å². The molecule has 1 heterocycles. The molecule has 2 aromatic rings. The quantitative estimate of drug-likeness (QED) is 0.663. The minimum Gasteiger partial charge on any atom is -0.477 e. The number of nitro groups is 1. The topological polar surface area (TPSA) is 102 Å². The van der Waals surface area contributed by atoms with E-state index in [4.69, 9.17) is 5.11 Å². The summed E-state index contributed by atoms with van der Waals surface area (Å²) in [5, 5.41) is 23.9. The Balaban J connectivity index is 2.29. The molecule has 0 saturated carbocycles. The first kappa shape index (κ1) is 14.5. The van der Waals surface area contributed by atoms with Crippen molar-refractivity contribution in [3.8, 4) is 0 Å². The molecule has 0 aliphatic rings. The molecule has 0 amide bonds. The van der Waals surface area contributed by atoms with Crippen LogP contribution in [0.3, 0.4) is 0 Å². The van der Waals surface area contributed by atoms with Gasteiger partial charge in [0.05, 0.1) is 11.1 Å². The molecule has 110 valence electrons. The molecule has 0 aliphatic heterocycles. The lowest BCUT2D eigenvalue weighted by Gasteiger charge is -2.18. The lowest BCUT2D eigenvalue weighted by Crippen LogP contribution is -2.17. The average Bonchev–Trinajstić information content (AvgIpc) is 2.83. The molecule has 0 aliphatic carbocycles. The van der Waals surface area contributed by atoms with Crippen molar-refractivity contribution in [1.82, 2.24) is 9.78 Å². The monoisotopic (exact) mass is 290 g/mol. The summed E-state index contributed by atoms with van der Waals surface area (Å²) in [6.45, 7) is 0.519. The second kappa shape index (κ2) is 5.61. The number of carboxylic acid groups (broad SMARTS) is 1. The van der Waals surface area contributed by atoms with Gasteiger partial charge in [0, 0.05) is 44.2 Å². The van der Waals surface area contributed by atoms with E-state index in [1.165, 1.54) is 18.2 Å². The Hall–Kier alpha value is -2.90. The van der Waals surface area contributed by atoms with E-state index < -0.39 is 16.6 Å². The Morgan fingerprint density at radius 1 is 1.52 bits per heavy atom. The van der Waals surface area contributed by atoms with Gasteiger partial charge in [-0.05, 0) is 12.1 Å². The highest BCUT2D eigenvalue weighted by Gasteiger charge is 2.20. The van der Waals surface area contributed by atoms with Crippen LogP contribution in [0.1, 0.15) is 15.9 Å². The van der Waals surface area contributed by atoms with Crippen LogP contribution < -0.4 is 4.90 Å². The lowest BCUT2D eigenvalue weighted by atomic mass is 10.1. The van der Waals surface area contributed by atoms with Crippen LogP contribution in [0.15, 0.2) is 30.6 Å². The summed E-state index contributed by atoms with van der Waals surface area (Å²) < 4.78 is 1.67. The average molecular weight is 290 g/mol. The van der Waals surface area contributed by atoms with Crippen LogP contribution in [0.25, 0.3) is 0 Å². The number of hydrogen-bond donors (Lipinski definition) is 1. The minimum atomic E-state index is -1.32. The highest BCUT2D eigenvalue weighted by Crippen LogP contribution is 2.25. The summed E-state index contributed by atoms with van der Waals surface area (Å²) in [6, 6.07) is 4.04. The van der Waals surface area contributed by atoms with Gasteiger partial charge in [0.2, 0.25) is 0 Å². The van der Waals surface area contributed by atoms with E-state index in [1.54, 1.807) is 29.9 Å². The lowest BCUT2D eigenvalue weighted by molar-refractivity contribution is -0.385. The maximum atomic E-state index is 11.1. The standard InChI is InChI=1S/C13H14N4O4/c1-15(7-9-6-14-16(2)8-9)10-3-4-12(17(20)21)11(5-10)13(18)19/h3-6,8H,7H2,1-2H3,(H,18,19). The highest BCUT2D eigenvalue weighted by atomic mass is 16.6. The predicted octanol–water partition coefficient (Wildman–Crippen LogP) is 1.66. The Morgan fingerprint density at radius 2 is 2.24 bits per heavy atom. The summed E-state index contributed by atoms with van der Waals surface area (Å²) in [7, 11) is 3.58. The first-order valence-electron chi connectivity index (χ1n) is 6.09. The molecule has 0 spiro atoms. The molecule has 0 bridgehead atoms. The predicted molar refractivity (Wildman–Crippen MR) is 75.4 cm³/mol. The van der Waals surface area contributed by atoms with Gasteiger partial charge >= 0.3 is 5.97 Å². The van der Waals surface area contributed by atoms with E-state index >= 15 is 0 Å². The maximum absolute atomic E-state index is 11.1. The van der Waals surface area contributed by atoms with E-state index in [9.17, 15) is 14.9 Å². The van der Waals surface area contributed by atoms with Crippen molar-refractivity contribution in [3.63, 3.8) is 0 Å². The number of carboxylic acids is 1. The fourth-order valence-corrected chi connectivity index (χ4v) is 2.01. The minimum absolute atomic E-state index is 0.324. The number of rotatable bonds is 5. The molecule has 0 radical (unpaired) electrons. The summed E-state index contributed by atoms with van der Waals surface area (Å²) in [5.41, 5.74) is 0.800. The number of carbonyl (C=O) groups is 1. The molecule has 2 rings (SSSR count). The molecule has 0 unspecified atom stereocenters. The van der Waals surface area contributed by atoms with Gasteiger partial charge in [-0.3, -0.25) is 14.8 Å². The number of aromatic carboxylic acids is 1. The molecule has 1 aromatic heterocycles. The van der Waals surface area contributed by atoms with E-state index in [0.717, 1.165) is 5.56 Å². The van der Waals surface area contributed by atoms with Crippen LogP contribution >= 0.6 is 0 Å². The normalized spacial score (nSPS) is 10.4. The number of hydrogen-bond acceptors (Lipinski definition) is 5. The third kappa shape index (κ3) is 3.16. The number of benzene rings is 1. The number of anilines is 1. The highest BCUT2D eigenvalue weighted by molar-refractivity contribution is 5.93. The number of aromatic nitrogens is 2. The molecular weight excluding hydrogens is 276 g/mol. The van der Waals surface area contributed by atoms with Crippen LogP contribution in [0.2, 0.25) is 0 Å². The molecule has 8 nitrogen and oxygen atoms in total. The second-order valence-electron chi connectivity index (χ2n) is 4.64. The SMILES string of the molecule is CN(Cc1cnn(C)c1)c1ccc([N+](=O)[O-])c(C(=O)O)c1. The van der Waals surface area contributed by atoms with Crippen molar-refractivity contribution in [2.45, 2.75) is 6.54 Å². The molecule has 1 aromatic carbocycles. The van der Waals surface area contributed by atoms with E-state index in [2.05, 4.69) is 5.10 Å². The van der Waals surface area contributed by atoms with Gasteiger partial charge in [0.1, 0.15) is 5.56 Å². The Kier molecular flexibility index (Phi) is 3.88. The molecule has 0 atom stereocenters. The van der Waals surface area contributed by atoms with Gasteiger partial charge in [-0.2, -0.15) is 5.10 Å². The van der Waals surface area contributed by atoms with Gasteiger partial charge in [-0.15, -0.1) is 0 Å². The van der Waals surface area contributed by atoms with E-state index in [0.29, 0.717) is 12.2 Å². The van der Waals surface area contributed by atoms with Gasteiger partial charge < -0.3 is 10.0 Å². The van der Waals surface area contributed by atoms with Gasteiger partial charge in [0.15, 0.2) is 0 Å². The number of nitrogens with zero attached hydrogens (tertiary/aromatic N) is 4. The zero-order valence-corrected chi connectivity index (χ0v) is 11.6. The molecule has 0 fully saturated rings. The first-order valence-corrected chi connectivity index (χ1v) is 6.09. The Bertz CT molecular complexity index is 695. The van der Waals surface area contributed by atoms with Crippen molar-refractivity contribution in [2.75, 3.05) is 11.9 Å². The third-order valence-corrected chi connectivity index (χ3v) is 3.03. The van der Waals surface area contributed by atoms with Gasteiger partial charge in [-0.25, -0.2) is 4.79 Å². The zero-order valence-electron chi connectivity index (χ0n) is 11.6. The number of aryl methyl sites for hydroxylation is 1. The Morgan fingerprint density at radius 3 is 2.76 bits per heavy atom. The van der Waals surface area contributed by atoms with Crippen LogP contribution in [-0.2, 0) is 13.6 Å². The maximum Gasteiger partial charge on any atom is 0.342 e. The summed E-state index contributed by atoms with van der Waals surface area (Å²) in [5.74, 6) is -1.32. The van der Waals surface area contributed by atoms with Crippen molar-refractivity contribution in [1.29, 1.82) is 0 Å². The fourth-order valence-electron chi connectivity index (χ4n) is 2.01. The van der Waals surface area contributed by atoms with Crippen molar-refractivity contribution in [3.05, 3.63) is 51.8 Å². The molecular formula is C13H14N4O4. The Labute approximate surface area is 120 Å². The smallest absolute Gasteiger partial charge is 0.342 e. The largest absolute Gasteiger partial charge is 0.477 e. The van der Waals surface area contributed by atoms with Crippen LogP contribution in [0.4, 0.5) is 11.4 Å². The second-order valence-corrected chi connectivity index (χ2v) is 4.64. The molecule has 8 heteroatoms. The number of nitro benzene ring substituents is 1. The van der Waals surface area contributed by atoms with Gasteiger partial charge in [0.25, 0.3) is 5.69 Å². The molecule has 1 N–H and O–H groups in total. The van der Waals surface area contributed by atoms with Crippen molar-refractivity contribution >= 4 is 17.3 Å². The van der Waals surface area contributed by atoms with Crippen molar-refractivity contribution < 1.29 is 14.8 Å². The van der Waals surface area contributed by atoms with Crippen LogP contribution in [-0.4, -0.2) is 32.8 Å². The van der Waals surface area contributed by atoms with E-state index in [1.807, 2.05) is 6.20 Å². The molecule has 21 heavy (non-hydrogen) atoms. The summed E-state index contributed by atoms with van der Waals surface area (Å²) in [6.07, 6.45) is 3.56. The molecule has 0 saturated heterocycles. The van der Waals surface area contributed by atoms with Crippen LogP contribution in [0, 0.1) is 10.1 Å². The third-order valence-electron chi connectivity index (χ3n) is 3.03. The fraction of sp³-hybridized carbons (Fsp3) is 0.231. The summed E-state index contributed by atoms with van der Waals surface area (Å²) >= 11 is 0. The first-order chi connectivity index (χ1) is 9.88. The van der Waals surface area contributed by atoms with Crippen molar-refractivity contribution in [2.24, 2.45) is 7.05 Å². The summed E-state index contributed by atoms with van der Waals surface area (Å²) in [4.78, 5) is 23.0. The van der Waals surface area contributed by atoms with Crippen LogP contribution in [0.5, 0.6) is 0 Å². The zero-order chi connectivity index (χ0) is 15.6. The van der Waals surface area contributed by atoms with Gasteiger partial charge in [-0.1, -0.05) is 0 Å².